The van der Waals surface area contributed by atoms with Gasteiger partial charge in [-0.15, -0.1) is 0 Å². The summed E-state index contributed by atoms with van der Waals surface area (Å²) >= 11 is 5.29. The number of rotatable bonds is 2. The molecule has 1 aromatic carbocycles. The predicted octanol–water partition coefficient (Wildman–Crippen LogP) is 3.39. The lowest BCUT2D eigenvalue weighted by molar-refractivity contribution is 0.281. The number of aliphatic hydroxyl groups excluding tert-OH is 1. The maximum absolute atomic E-state index is 9.53. The first kappa shape index (κ1) is 13.5. The molecule has 19 heavy (non-hydrogen) atoms. The minimum absolute atomic E-state index is 0.187. The Kier molecular flexibility index (Phi) is 3.79. The molecule has 0 spiro atoms. The van der Waals surface area contributed by atoms with E-state index in [-0.39, 0.29) is 6.61 Å². The van der Waals surface area contributed by atoms with Crippen LogP contribution in [0.2, 0.25) is 0 Å². The molecule has 0 atom stereocenters. The zero-order valence-corrected chi connectivity index (χ0v) is 11.6. The first-order valence-corrected chi connectivity index (χ1v) is 6.33. The minimum atomic E-state index is -0.187. The Balaban J connectivity index is 2.74. The summed E-state index contributed by atoms with van der Waals surface area (Å²) in [7, 11) is 0. The molecule has 0 saturated carbocycles. The zero-order chi connectivity index (χ0) is 14.0. The van der Waals surface area contributed by atoms with E-state index in [2.05, 4.69) is 11.1 Å². The van der Waals surface area contributed by atoms with Crippen LogP contribution in [0.25, 0.3) is 11.3 Å². The van der Waals surface area contributed by atoms with Gasteiger partial charge in [0.15, 0.2) is 0 Å². The van der Waals surface area contributed by atoms with E-state index in [4.69, 9.17) is 17.5 Å². The first-order chi connectivity index (χ1) is 9.08. The Bertz CT molecular complexity index is 709. The molecule has 0 aliphatic rings. The molecule has 1 heterocycles. The van der Waals surface area contributed by atoms with Crippen molar-refractivity contribution in [1.29, 1.82) is 5.26 Å². The average molecular weight is 270 g/mol. The molecule has 2 rings (SSSR count). The van der Waals surface area contributed by atoms with Crippen molar-refractivity contribution in [2.24, 2.45) is 0 Å². The normalized spacial score (nSPS) is 10.2. The van der Waals surface area contributed by atoms with Gasteiger partial charge in [-0.3, -0.25) is 0 Å². The molecule has 0 amide bonds. The fraction of sp³-hybridized carbons (Fsp3) is 0.200. The van der Waals surface area contributed by atoms with Gasteiger partial charge in [-0.2, -0.15) is 5.26 Å². The molecule has 0 aliphatic carbocycles. The Labute approximate surface area is 117 Å². The molecule has 0 aliphatic heterocycles. The summed E-state index contributed by atoms with van der Waals surface area (Å²) in [6, 6.07) is 10.0. The number of aromatic amines is 1. The second-order valence-electron chi connectivity index (χ2n) is 4.44. The van der Waals surface area contributed by atoms with Crippen LogP contribution < -0.4 is 0 Å². The number of pyridine rings is 1. The van der Waals surface area contributed by atoms with Gasteiger partial charge in [0.25, 0.3) is 0 Å². The van der Waals surface area contributed by atoms with E-state index in [1.54, 1.807) is 0 Å². The van der Waals surface area contributed by atoms with E-state index < -0.39 is 0 Å². The van der Waals surface area contributed by atoms with Crippen LogP contribution in [-0.4, -0.2) is 10.1 Å². The van der Waals surface area contributed by atoms with Crippen molar-refractivity contribution in [3.63, 3.8) is 0 Å². The average Bonchev–Trinajstić information content (AvgIpc) is 2.39. The summed E-state index contributed by atoms with van der Waals surface area (Å²) in [4.78, 5) is 3.17. The molecule has 0 saturated heterocycles. The number of aryl methyl sites for hydroxylation is 2. The summed E-state index contributed by atoms with van der Waals surface area (Å²) in [5.41, 5.74) is 4.65. The maximum atomic E-state index is 9.53. The number of aliphatic hydroxyl groups is 1. The lowest BCUT2D eigenvalue weighted by atomic mass is 10.0. The molecule has 0 fully saturated rings. The topological polar surface area (TPSA) is 59.8 Å². The monoisotopic (exact) mass is 270 g/mol. The van der Waals surface area contributed by atoms with Gasteiger partial charge in [-0.1, -0.05) is 42.0 Å². The predicted molar refractivity (Wildman–Crippen MR) is 77.2 cm³/mol. The number of H-pyrrole nitrogens is 1. The number of aromatic nitrogens is 1. The van der Waals surface area contributed by atoms with E-state index in [0.29, 0.717) is 15.6 Å². The largest absolute Gasteiger partial charge is 0.392 e. The number of nitrogens with one attached hydrogen (secondary N) is 1. The van der Waals surface area contributed by atoms with Crippen LogP contribution in [0.15, 0.2) is 24.3 Å². The number of hydrogen-bond acceptors (Lipinski definition) is 3. The summed E-state index contributed by atoms with van der Waals surface area (Å²) in [5.74, 6) is 0. The third-order valence-electron chi connectivity index (χ3n) is 3.10. The highest BCUT2D eigenvalue weighted by atomic mass is 32.1. The van der Waals surface area contributed by atoms with Gasteiger partial charge in [0.2, 0.25) is 0 Å². The second-order valence-corrected chi connectivity index (χ2v) is 4.85. The maximum Gasteiger partial charge on any atom is 0.102 e. The van der Waals surface area contributed by atoms with Gasteiger partial charge in [0.1, 0.15) is 6.07 Å². The molecular weight excluding hydrogens is 256 g/mol. The van der Waals surface area contributed by atoms with Crippen LogP contribution in [-0.2, 0) is 6.61 Å². The second kappa shape index (κ2) is 5.35. The Morgan fingerprint density at radius 2 is 1.89 bits per heavy atom. The molecule has 2 aromatic rings. The van der Waals surface area contributed by atoms with Crippen LogP contribution in [0.1, 0.15) is 22.4 Å². The lowest BCUT2D eigenvalue weighted by Gasteiger charge is -2.12. The van der Waals surface area contributed by atoms with Crippen molar-refractivity contribution in [1.82, 2.24) is 4.98 Å². The molecular formula is C15H14N2OS. The van der Waals surface area contributed by atoms with Crippen molar-refractivity contribution in [3.8, 4) is 17.3 Å². The van der Waals surface area contributed by atoms with Crippen LogP contribution in [0, 0.1) is 29.7 Å². The molecule has 0 unspecified atom stereocenters. The first-order valence-electron chi connectivity index (χ1n) is 5.92. The molecule has 4 heteroatoms. The van der Waals surface area contributed by atoms with E-state index in [0.717, 1.165) is 17.0 Å². The summed E-state index contributed by atoms with van der Waals surface area (Å²) in [5, 5.41) is 18.6. The minimum Gasteiger partial charge on any atom is -0.392 e. The van der Waals surface area contributed by atoms with Gasteiger partial charge in [-0.25, -0.2) is 0 Å². The van der Waals surface area contributed by atoms with Gasteiger partial charge >= 0.3 is 0 Å². The van der Waals surface area contributed by atoms with Gasteiger partial charge in [0.05, 0.1) is 22.4 Å². The molecule has 2 N–H and O–H groups in total. The van der Waals surface area contributed by atoms with Crippen molar-refractivity contribution in [3.05, 3.63) is 51.2 Å². The highest BCUT2D eigenvalue weighted by Crippen LogP contribution is 2.26. The number of benzene rings is 1. The number of nitriles is 1. The van der Waals surface area contributed by atoms with E-state index >= 15 is 0 Å². The Morgan fingerprint density at radius 3 is 2.42 bits per heavy atom. The summed E-state index contributed by atoms with van der Waals surface area (Å²) in [6.07, 6.45) is 0. The smallest absolute Gasteiger partial charge is 0.102 e. The summed E-state index contributed by atoms with van der Waals surface area (Å²) < 4.78 is 0.428. The quantitative estimate of drug-likeness (QED) is 0.822. The molecule has 3 nitrogen and oxygen atoms in total. The fourth-order valence-electron chi connectivity index (χ4n) is 2.01. The highest BCUT2D eigenvalue weighted by molar-refractivity contribution is 7.71. The van der Waals surface area contributed by atoms with Crippen LogP contribution in [0.3, 0.4) is 0 Å². The molecule has 0 bridgehead atoms. The molecule has 1 aromatic heterocycles. The number of hydrogen-bond donors (Lipinski definition) is 2. The van der Waals surface area contributed by atoms with E-state index in [1.165, 1.54) is 5.56 Å². The molecule has 96 valence electrons. The summed E-state index contributed by atoms with van der Waals surface area (Å²) in [6.45, 7) is 3.64. The standard InChI is InChI=1S/C15H14N2OS/c1-9-3-5-11(6-4-9)14-13(8-18)15(19)12(7-16)10(2)17-14/h3-6,18H,8H2,1-2H3,(H,17,19). The van der Waals surface area contributed by atoms with Crippen LogP contribution in [0.4, 0.5) is 0 Å². The lowest BCUT2D eigenvalue weighted by Crippen LogP contribution is -2.00. The van der Waals surface area contributed by atoms with Crippen molar-refractivity contribution >= 4 is 12.2 Å². The Hall–Kier alpha value is -1.96. The third-order valence-corrected chi connectivity index (χ3v) is 3.55. The molecule has 0 radical (unpaired) electrons. The highest BCUT2D eigenvalue weighted by Gasteiger charge is 2.12. The van der Waals surface area contributed by atoms with E-state index in [9.17, 15) is 5.11 Å². The Morgan fingerprint density at radius 1 is 1.26 bits per heavy atom. The SMILES string of the molecule is Cc1ccc(-c2[nH]c(C)c(C#N)c(=S)c2CO)cc1. The fourth-order valence-corrected chi connectivity index (χ4v) is 2.38. The van der Waals surface area contributed by atoms with Crippen molar-refractivity contribution in [2.75, 3.05) is 0 Å². The van der Waals surface area contributed by atoms with E-state index in [1.807, 2.05) is 38.1 Å². The van der Waals surface area contributed by atoms with Gasteiger partial charge in [0, 0.05) is 11.3 Å². The third kappa shape index (κ3) is 2.43. The van der Waals surface area contributed by atoms with Crippen molar-refractivity contribution in [2.45, 2.75) is 20.5 Å². The van der Waals surface area contributed by atoms with Gasteiger partial charge < -0.3 is 10.1 Å². The van der Waals surface area contributed by atoms with Crippen LogP contribution in [0.5, 0.6) is 0 Å². The van der Waals surface area contributed by atoms with Gasteiger partial charge in [-0.05, 0) is 19.4 Å². The number of nitrogens with zero attached hydrogens (tertiary/aromatic N) is 1. The zero-order valence-electron chi connectivity index (χ0n) is 10.8. The van der Waals surface area contributed by atoms with Crippen molar-refractivity contribution < 1.29 is 5.11 Å². The van der Waals surface area contributed by atoms with Crippen LogP contribution >= 0.6 is 12.2 Å².